The Morgan fingerprint density at radius 1 is 1.18 bits per heavy atom. The lowest BCUT2D eigenvalue weighted by molar-refractivity contribution is -0.128. The van der Waals surface area contributed by atoms with Crippen LogP contribution in [0.2, 0.25) is 0 Å². The molecule has 1 amide bonds. The maximum absolute atomic E-state index is 12.7. The minimum atomic E-state index is -0.290. The number of aryl methyl sites for hydroxylation is 1. The molecule has 6 heteroatoms. The van der Waals surface area contributed by atoms with Crippen molar-refractivity contribution in [2.45, 2.75) is 13.5 Å². The molecular formula is C22H24N4O2. The van der Waals surface area contributed by atoms with Crippen LogP contribution in [0.3, 0.4) is 0 Å². The molecule has 0 unspecified atom stereocenters. The fraction of sp³-hybridized carbons (Fsp3) is 0.273. The van der Waals surface area contributed by atoms with Gasteiger partial charge in [0.05, 0.1) is 5.69 Å². The number of piperazine rings is 1. The maximum atomic E-state index is 12.7. The molecule has 144 valence electrons. The van der Waals surface area contributed by atoms with Crippen LogP contribution in [0.5, 0.6) is 5.75 Å². The first-order chi connectivity index (χ1) is 13.6. The van der Waals surface area contributed by atoms with Crippen LogP contribution >= 0.6 is 0 Å². The largest absolute Gasteiger partial charge is 0.506 e. The zero-order valence-corrected chi connectivity index (χ0v) is 15.9. The summed E-state index contributed by atoms with van der Waals surface area (Å²) in [4.78, 5) is 16.7. The number of phenolic OH excluding ortho intramolecular Hbond substituents is 1. The molecule has 0 aliphatic carbocycles. The number of carbonyl (C=O) groups excluding carboxylic acids is 1. The summed E-state index contributed by atoms with van der Waals surface area (Å²) in [5.74, 6) is -0.220. The fourth-order valence-corrected chi connectivity index (χ4v) is 3.18. The summed E-state index contributed by atoms with van der Waals surface area (Å²) in [6.07, 6.45) is 1.37. The molecule has 1 fully saturated rings. The van der Waals surface area contributed by atoms with E-state index in [-0.39, 0.29) is 17.2 Å². The van der Waals surface area contributed by atoms with E-state index in [2.05, 4.69) is 22.3 Å². The molecule has 0 spiro atoms. The molecule has 1 aliphatic rings. The molecule has 3 rings (SSSR count). The smallest absolute Gasteiger partial charge is 0.266 e. The highest BCUT2D eigenvalue weighted by Gasteiger charge is 2.23. The van der Waals surface area contributed by atoms with E-state index >= 15 is 0 Å². The number of amides is 1. The van der Waals surface area contributed by atoms with E-state index in [1.807, 2.05) is 31.2 Å². The van der Waals surface area contributed by atoms with Crippen molar-refractivity contribution >= 4 is 11.6 Å². The molecular weight excluding hydrogens is 352 g/mol. The first-order valence-corrected chi connectivity index (χ1v) is 9.29. The minimum absolute atomic E-state index is 0.0254. The fourth-order valence-electron chi connectivity index (χ4n) is 3.18. The molecule has 1 heterocycles. The highest BCUT2D eigenvalue weighted by Crippen LogP contribution is 2.24. The van der Waals surface area contributed by atoms with Crippen molar-refractivity contribution in [3.8, 4) is 11.8 Å². The summed E-state index contributed by atoms with van der Waals surface area (Å²) in [5, 5.41) is 22.2. The Morgan fingerprint density at radius 2 is 1.89 bits per heavy atom. The second-order valence-corrected chi connectivity index (χ2v) is 6.89. The van der Waals surface area contributed by atoms with E-state index < -0.39 is 0 Å². The van der Waals surface area contributed by atoms with E-state index in [4.69, 9.17) is 0 Å². The molecule has 6 nitrogen and oxygen atoms in total. The lowest BCUT2D eigenvalue weighted by Gasteiger charge is -2.34. The Hall–Kier alpha value is -3.30. The molecule has 2 N–H and O–H groups in total. The van der Waals surface area contributed by atoms with Crippen LogP contribution in [0.15, 0.2) is 60.3 Å². The third-order valence-electron chi connectivity index (χ3n) is 4.78. The summed E-state index contributed by atoms with van der Waals surface area (Å²) in [6.45, 7) is 5.47. The number of anilines is 1. The number of benzene rings is 2. The molecule has 0 saturated carbocycles. The van der Waals surface area contributed by atoms with Crippen LogP contribution in [0.4, 0.5) is 5.69 Å². The van der Waals surface area contributed by atoms with Gasteiger partial charge in [-0.3, -0.25) is 9.69 Å². The van der Waals surface area contributed by atoms with E-state index in [9.17, 15) is 15.2 Å². The standard InChI is InChI=1S/C22H24N4O2/c1-17-7-8-21(27)20(13-17)24-15-19(14-23)22(28)26-11-9-25(10-12-26)16-18-5-3-2-4-6-18/h2-8,13,15,24,27H,9-12,16H2,1H3/b19-15-. The van der Waals surface area contributed by atoms with Crippen LogP contribution in [-0.4, -0.2) is 47.0 Å². The number of carbonyl (C=O) groups is 1. The van der Waals surface area contributed by atoms with Gasteiger partial charge in [-0.1, -0.05) is 36.4 Å². The van der Waals surface area contributed by atoms with Gasteiger partial charge in [0.2, 0.25) is 0 Å². The number of hydrogen-bond donors (Lipinski definition) is 2. The average Bonchev–Trinajstić information content (AvgIpc) is 2.72. The van der Waals surface area contributed by atoms with E-state index in [0.29, 0.717) is 18.8 Å². The molecule has 1 aliphatic heterocycles. The monoisotopic (exact) mass is 376 g/mol. The van der Waals surface area contributed by atoms with Gasteiger partial charge in [-0.2, -0.15) is 5.26 Å². The Balaban J connectivity index is 1.58. The van der Waals surface area contributed by atoms with Crippen molar-refractivity contribution in [2.24, 2.45) is 0 Å². The minimum Gasteiger partial charge on any atom is -0.506 e. The highest BCUT2D eigenvalue weighted by atomic mass is 16.3. The predicted molar refractivity (Wildman–Crippen MR) is 108 cm³/mol. The second-order valence-electron chi connectivity index (χ2n) is 6.89. The summed E-state index contributed by atoms with van der Waals surface area (Å²) in [7, 11) is 0. The van der Waals surface area contributed by atoms with Crippen molar-refractivity contribution < 1.29 is 9.90 Å². The summed E-state index contributed by atoms with van der Waals surface area (Å²) >= 11 is 0. The Morgan fingerprint density at radius 3 is 2.57 bits per heavy atom. The molecule has 1 saturated heterocycles. The van der Waals surface area contributed by atoms with Gasteiger partial charge in [-0.15, -0.1) is 0 Å². The van der Waals surface area contributed by atoms with Crippen LogP contribution in [0.25, 0.3) is 0 Å². The molecule has 0 atom stereocenters. The number of rotatable bonds is 5. The molecule has 2 aromatic rings. The molecule has 28 heavy (non-hydrogen) atoms. The summed E-state index contributed by atoms with van der Waals surface area (Å²) < 4.78 is 0. The van der Waals surface area contributed by atoms with Crippen molar-refractivity contribution in [2.75, 3.05) is 31.5 Å². The number of nitrogens with one attached hydrogen (secondary N) is 1. The predicted octanol–water partition coefficient (Wildman–Crippen LogP) is 2.86. The van der Waals surface area contributed by atoms with E-state index in [1.165, 1.54) is 11.8 Å². The van der Waals surface area contributed by atoms with E-state index in [0.717, 1.165) is 25.2 Å². The maximum Gasteiger partial charge on any atom is 0.266 e. The van der Waals surface area contributed by atoms with Gasteiger partial charge in [-0.05, 0) is 30.2 Å². The zero-order chi connectivity index (χ0) is 19.9. The first-order valence-electron chi connectivity index (χ1n) is 9.29. The third kappa shape index (κ3) is 4.90. The first kappa shape index (κ1) is 19.5. The number of nitriles is 1. The lowest BCUT2D eigenvalue weighted by atomic mass is 10.2. The summed E-state index contributed by atoms with van der Waals surface area (Å²) in [5.41, 5.74) is 2.71. The van der Waals surface area contributed by atoms with Crippen LogP contribution in [0, 0.1) is 18.3 Å². The topological polar surface area (TPSA) is 79.6 Å². The van der Waals surface area contributed by atoms with Crippen LogP contribution < -0.4 is 5.32 Å². The molecule has 0 aromatic heterocycles. The van der Waals surface area contributed by atoms with Gasteiger partial charge in [0.25, 0.3) is 5.91 Å². The lowest BCUT2D eigenvalue weighted by Crippen LogP contribution is -2.48. The van der Waals surface area contributed by atoms with Gasteiger partial charge in [0, 0.05) is 38.9 Å². The molecule has 0 radical (unpaired) electrons. The van der Waals surface area contributed by atoms with Gasteiger partial charge < -0.3 is 15.3 Å². The van der Waals surface area contributed by atoms with Crippen LogP contribution in [0.1, 0.15) is 11.1 Å². The van der Waals surface area contributed by atoms with Crippen molar-refractivity contribution in [3.63, 3.8) is 0 Å². The number of phenols is 1. The third-order valence-corrected chi connectivity index (χ3v) is 4.78. The number of aromatic hydroxyl groups is 1. The van der Waals surface area contributed by atoms with Gasteiger partial charge in [-0.25, -0.2) is 0 Å². The van der Waals surface area contributed by atoms with Gasteiger partial charge >= 0.3 is 0 Å². The van der Waals surface area contributed by atoms with E-state index in [1.54, 1.807) is 23.1 Å². The SMILES string of the molecule is Cc1ccc(O)c(N/C=C(/C#N)C(=O)N2CCN(Cc3ccccc3)CC2)c1. The second kappa shape index (κ2) is 9.07. The zero-order valence-electron chi connectivity index (χ0n) is 15.9. The quantitative estimate of drug-likeness (QED) is 0.477. The highest BCUT2D eigenvalue weighted by molar-refractivity contribution is 5.97. The number of hydrogen-bond acceptors (Lipinski definition) is 5. The Bertz CT molecular complexity index is 894. The normalized spacial score (nSPS) is 15.1. The van der Waals surface area contributed by atoms with Crippen molar-refractivity contribution in [1.29, 1.82) is 5.26 Å². The average molecular weight is 376 g/mol. The van der Waals surface area contributed by atoms with Gasteiger partial charge in [0.15, 0.2) is 0 Å². The van der Waals surface area contributed by atoms with Crippen molar-refractivity contribution in [1.82, 2.24) is 9.80 Å². The van der Waals surface area contributed by atoms with Crippen LogP contribution in [-0.2, 0) is 11.3 Å². The molecule has 2 aromatic carbocycles. The van der Waals surface area contributed by atoms with Gasteiger partial charge in [0.1, 0.15) is 17.4 Å². The molecule has 0 bridgehead atoms. The summed E-state index contributed by atoms with van der Waals surface area (Å²) in [6, 6.07) is 17.3. The number of nitrogens with zero attached hydrogens (tertiary/aromatic N) is 3. The van der Waals surface area contributed by atoms with Crippen molar-refractivity contribution in [3.05, 3.63) is 71.4 Å². The Labute approximate surface area is 165 Å². The Kier molecular flexibility index (Phi) is 6.30.